The molecule has 0 atom stereocenters. The van der Waals surface area contributed by atoms with E-state index in [1.54, 1.807) is 0 Å². The number of nitrogens with zero attached hydrogens (tertiary/aromatic N) is 1. The molecule has 0 fully saturated rings. The summed E-state index contributed by atoms with van der Waals surface area (Å²) in [6, 6.07) is 8.67. The molecule has 3 rings (SSSR count). The van der Waals surface area contributed by atoms with Crippen molar-refractivity contribution in [1.29, 1.82) is 0 Å². The highest BCUT2D eigenvalue weighted by Crippen LogP contribution is 2.29. The molecule has 0 aliphatic carbocycles. The number of benzene rings is 1. The maximum absolute atomic E-state index is 4.20. The molecular weight excluding hydrogens is 196 g/mol. The monoisotopic (exact) mass is 210 g/mol. The van der Waals surface area contributed by atoms with Gasteiger partial charge in [-0.1, -0.05) is 6.07 Å². The average molecular weight is 210 g/mol. The molecule has 2 aromatic rings. The second kappa shape index (κ2) is 3.63. The fraction of sp³-hybridized carbons (Fsp3) is 0.214. The molecule has 1 aliphatic rings. The summed E-state index contributed by atoms with van der Waals surface area (Å²) in [7, 11) is 0. The lowest BCUT2D eigenvalue weighted by Crippen LogP contribution is -1.90. The van der Waals surface area contributed by atoms with Crippen molar-refractivity contribution < 1.29 is 0 Å². The quantitative estimate of drug-likeness (QED) is 0.782. The van der Waals surface area contributed by atoms with Gasteiger partial charge in [-0.15, -0.1) is 0 Å². The molecule has 80 valence electrons. The van der Waals surface area contributed by atoms with Crippen LogP contribution in [0.15, 0.2) is 36.7 Å². The highest BCUT2D eigenvalue weighted by atomic mass is 14.9. The third kappa shape index (κ3) is 1.47. The lowest BCUT2D eigenvalue weighted by Gasteiger charge is -2.07. The summed E-state index contributed by atoms with van der Waals surface area (Å²) in [6.07, 6.45) is 4.91. The fourth-order valence-corrected chi connectivity index (χ4v) is 2.24. The Morgan fingerprint density at radius 2 is 2.19 bits per heavy atom. The molecule has 0 unspecified atom stereocenters. The summed E-state index contributed by atoms with van der Waals surface area (Å²) in [5, 5.41) is 3.38. The van der Waals surface area contributed by atoms with Gasteiger partial charge < -0.3 is 5.32 Å². The maximum atomic E-state index is 4.20. The Balaban J connectivity index is 2.11. The smallest absolute Gasteiger partial charge is 0.0373 e. The van der Waals surface area contributed by atoms with Gasteiger partial charge in [0.1, 0.15) is 0 Å². The van der Waals surface area contributed by atoms with E-state index in [-0.39, 0.29) is 0 Å². The second-order valence-electron chi connectivity index (χ2n) is 4.24. The molecular formula is C14H14N2. The van der Waals surface area contributed by atoms with Gasteiger partial charge in [0, 0.05) is 30.2 Å². The van der Waals surface area contributed by atoms with E-state index in [9.17, 15) is 0 Å². The lowest BCUT2D eigenvalue weighted by molar-refractivity contribution is 1.11. The summed E-state index contributed by atoms with van der Waals surface area (Å²) in [6.45, 7) is 3.19. The van der Waals surface area contributed by atoms with Crippen molar-refractivity contribution in [3.05, 3.63) is 47.8 Å². The second-order valence-corrected chi connectivity index (χ2v) is 4.24. The highest BCUT2D eigenvalue weighted by molar-refractivity contribution is 5.71. The number of hydrogen-bond donors (Lipinski definition) is 1. The van der Waals surface area contributed by atoms with Gasteiger partial charge in [-0.2, -0.15) is 0 Å². The first-order valence-corrected chi connectivity index (χ1v) is 5.62. The standard InChI is InChI=1S/C14H14N2/c1-10-4-6-15-9-13(10)11-2-3-14-12(8-11)5-7-16-14/h2-4,6,8-9,16H,5,7H2,1H3. The van der Waals surface area contributed by atoms with E-state index in [0.717, 1.165) is 13.0 Å². The first-order chi connectivity index (χ1) is 7.84. The molecule has 1 aliphatic heterocycles. The summed E-state index contributed by atoms with van der Waals surface area (Å²) in [5.74, 6) is 0. The van der Waals surface area contributed by atoms with E-state index in [4.69, 9.17) is 0 Å². The molecule has 1 aromatic heterocycles. The molecule has 0 saturated heterocycles. The number of hydrogen-bond acceptors (Lipinski definition) is 2. The predicted molar refractivity (Wildman–Crippen MR) is 66.6 cm³/mol. The zero-order valence-electron chi connectivity index (χ0n) is 9.33. The zero-order chi connectivity index (χ0) is 11.0. The molecule has 0 amide bonds. The Hall–Kier alpha value is -1.83. The van der Waals surface area contributed by atoms with Crippen molar-refractivity contribution in [2.45, 2.75) is 13.3 Å². The van der Waals surface area contributed by atoms with Crippen LogP contribution in [0.3, 0.4) is 0 Å². The van der Waals surface area contributed by atoms with Gasteiger partial charge in [-0.05, 0) is 48.2 Å². The molecule has 16 heavy (non-hydrogen) atoms. The van der Waals surface area contributed by atoms with Crippen LogP contribution >= 0.6 is 0 Å². The molecule has 1 aromatic carbocycles. The Kier molecular flexibility index (Phi) is 2.13. The van der Waals surface area contributed by atoms with Crippen LogP contribution in [0.25, 0.3) is 11.1 Å². The van der Waals surface area contributed by atoms with Crippen molar-refractivity contribution in [2.24, 2.45) is 0 Å². The Morgan fingerprint density at radius 1 is 1.25 bits per heavy atom. The molecule has 1 N–H and O–H groups in total. The van der Waals surface area contributed by atoms with Crippen LogP contribution < -0.4 is 5.32 Å². The van der Waals surface area contributed by atoms with Crippen LogP contribution in [0.4, 0.5) is 5.69 Å². The third-order valence-electron chi connectivity index (χ3n) is 3.17. The molecule has 2 nitrogen and oxygen atoms in total. The van der Waals surface area contributed by atoms with Crippen LogP contribution in [-0.4, -0.2) is 11.5 Å². The largest absolute Gasteiger partial charge is 0.384 e. The van der Waals surface area contributed by atoms with Gasteiger partial charge in [0.05, 0.1) is 0 Å². The number of nitrogens with one attached hydrogen (secondary N) is 1. The van der Waals surface area contributed by atoms with Crippen LogP contribution in [0.2, 0.25) is 0 Å². The number of pyridine rings is 1. The zero-order valence-corrected chi connectivity index (χ0v) is 9.33. The minimum absolute atomic E-state index is 1.06. The Morgan fingerprint density at radius 3 is 3.06 bits per heavy atom. The van der Waals surface area contributed by atoms with E-state index in [2.05, 4.69) is 41.5 Å². The molecule has 0 radical (unpaired) electrons. The van der Waals surface area contributed by atoms with E-state index >= 15 is 0 Å². The van der Waals surface area contributed by atoms with Crippen molar-refractivity contribution >= 4 is 5.69 Å². The van der Waals surface area contributed by atoms with Gasteiger partial charge in [-0.25, -0.2) is 0 Å². The van der Waals surface area contributed by atoms with Crippen molar-refractivity contribution in [1.82, 2.24) is 4.98 Å². The number of aryl methyl sites for hydroxylation is 1. The number of rotatable bonds is 1. The van der Waals surface area contributed by atoms with Crippen molar-refractivity contribution in [3.63, 3.8) is 0 Å². The molecule has 2 heteroatoms. The van der Waals surface area contributed by atoms with Gasteiger partial charge in [0.25, 0.3) is 0 Å². The summed E-state index contributed by atoms with van der Waals surface area (Å²) in [4.78, 5) is 4.20. The molecule has 0 spiro atoms. The molecule has 0 bridgehead atoms. The molecule has 2 heterocycles. The highest BCUT2D eigenvalue weighted by Gasteiger charge is 2.11. The van der Waals surface area contributed by atoms with Crippen LogP contribution in [0.1, 0.15) is 11.1 Å². The normalized spacial score (nSPS) is 13.3. The minimum Gasteiger partial charge on any atom is -0.384 e. The van der Waals surface area contributed by atoms with E-state index in [1.165, 1.54) is 27.9 Å². The van der Waals surface area contributed by atoms with Crippen LogP contribution in [0, 0.1) is 6.92 Å². The molecule has 0 saturated carbocycles. The van der Waals surface area contributed by atoms with Gasteiger partial charge in [0.2, 0.25) is 0 Å². The Labute approximate surface area is 95.3 Å². The van der Waals surface area contributed by atoms with E-state index in [0.29, 0.717) is 0 Å². The van der Waals surface area contributed by atoms with Crippen molar-refractivity contribution in [2.75, 3.05) is 11.9 Å². The lowest BCUT2D eigenvalue weighted by atomic mass is 10.00. The van der Waals surface area contributed by atoms with Gasteiger partial charge in [-0.3, -0.25) is 4.98 Å². The summed E-state index contributed by atoms with van der Waals surface area (Å²) >= 11 is 0. The SMILES string of the molecule is Cc1ccncc1-c1ccc2c(c1)CCN2. The first kappa shape index (κ1) is 9.40. The summed E-state index contributed by atoms with van der Waals surface area (Å²) < 4.78 is 0. The van der Waals surface area contributed by atoms with Gasteiger partial charge in [0.15, 0.2) is 0 Å². The third-order valence-corrected chi connectivity index (χ3v) is 3.17. The van der Waals surface area contributed by atoms with E-state index < -0.39 is 0 Å². The number of aromatic nitrogens is 1. The minimum atomic E-state index is 1.06. The average Bonchev–Trinajstić information content (AvgIpc) is 2.76. The fourth-order valence-electron chi connectivity index (χ4n) is 2.24. The topological polar surface area (TPSA) is 24.9 Å². The summed E-state index contributed by atoms with van der Waals surface area (Å²) in [5.41, 5.74) is 6.48. The predicted octanol–water partition coefficient (Wildman–Crippen LogP) is 3.03. The number of anilines is 1. The number of fused-ring (bicyclic) bond motifs is 1. The van der Waals surface area contributed by atoms with E-state index in [1.807, 2.05) is 12.4 Å². The Bertz CT molecular complexity index is 532. The maximum Gasteiger partial charge on any atom is 0.0373 e. The van der Waals surface area contributed by atoms with Crippen LogP contribution in [0.5, 0.6) is 0 Å². The van der Waals surface area contributed by atoms with Gasteiger partial charge >= 0.3 is 0 Å². The van der Waals surface area contributed by atoms with Crippen LogP contribution in [-0.2, 0) is 6.42 Å². The first-order valence-electron chi connectivity index (χ1n) is 5.62. The van der Waals surface area contributed by atoms with Crippen molar-refractivity contribution in [3.8, 4) is 11.1 Å².